The number of halogens is 1. The van der Waals surface area contributed by atoms with Crippen LogP contribution in [0.25, 0.3) is 0 Å². The molecule has 1 heterocycles. The van der Waals surface area contributed by atoms with Crippen LogP contribution in [0.15, 0.2) is 27.6 Å². The summed E-state index contributed by atoms with van der Waals surface area (Å²) in [5, 5.41) is 6.75. The highest BCUT2D eigenvalue weighted by Gasteiger charge is 2.24. The van der Waals surface area contributed by atoms with E-state index in [4.69, 9.17) is 16.1 Å². The first-order valence-electron chi connectivity index (χ1n) is 8.32. The lowest BCUT2D eigenvalue weighted by molar-refractivity contribution is 0.102. The minimum Gasteiger partial charge on any atom is -0.361 e. The smallest absolute Gasteiger partial charge is 0.261 e. The van der Waals surface area contributed by atoms with E-state index >= 15 is 0 Å². The Bertz CT molecular complexity index is 905. The van der Waals surface area contributed by atoms with Crippen LogP contribution in [0.2, 0.25) is 5.02 Å². The van der Waals surface area contributed by atoms with Gasteiger partial charge in [-0.3, -0.25) is 4.79 Å². The third-order valence-corrected chi connectivity index (χ3v) is 6.40. The maximum Gasteiger partial charge on any atom is 0.261 e. The number of rotatable bonds is 7. The minimum absolute atomic E-state index is 0.0682. The maximum atomic E-state index is 12.7. The van der Waals surface area contributed by atoms with Gasteiger partial charge in [0.05, 0.1) is 21.3 Å². The summed E-state index contributed by atoms with van der Waals surface area (Å²) in [5.74, 6) is -0.0534. The molecule has 142 valence electrons. The highest BCUT2D eigenvalue weighted by atomic mass is 35.5. The fourth-order valence-corrected chi connectivity index (χ4v) is 4.26. The van der Waals surface area contributed by atoms with Crippen LogP contribution in [0.1, 0.15) is 42.6 Å². The number of nitrogens with zero attached hydrogens (tertiary/aromatic N) is 2. The third kappa shape index (κ3) is 3.92. The molecule has 0 atom stereocenters. The lowest BCUT2D eigenvalue weighted by atomic mass is 10.1. The predicted octanol–water partition coefficient (Wildman–Crippen LogP) is 3.48. The summed E-state index contributed by atoms with van der Waals surface area (Å²) in [6.45, 7) is 7.73. The van der Waals surface area contributed by atoms with E-state index < -0.39 is 15.9 Å². The van der Waals surface area contributed by atoms with E-state index in [0.29, 0.717) is 36.5 Å². The van der Waals surface area contributed by atoms with Crippen molar-refractivity contribution in [2.24, 2.45) is 0 Å². The lowest BCUT2D eigenvalue weighted by Gasteiger charge is -2.19. The zero-order valence-electron chi connectivity index (χ0n) is 15.2. The van der Waals surface area contributed by atoms with Crippen LogP contribution in [-0.2, 0) is 16.4 Å². The van der Waals surface area contributed by atoms with Crippen molar-refractivity contribution in [2.45, 2.75) is 39.0 Å². The monoisotopic (exact) mass is 399 g/mol. The summed E-state index contributed by atoms with van der Waals surface area (Å²) in [5.41, 5.74) is 1.08. The summed E-state index contributed by atoms with van der Waals surface area (Å²) in [4.78, 5) is 12.7. The quantitative estimate of drug-likeness (QED) is 0.769. The number of amides is 1. The molecule has 0 aliphatic rings. The van der Waals surface area contributed by atoms with Crippen molar-refractivity contribution in [3.05, 3.63) is 40.2 Å². The second-order valence-electron chi connectivity index (χ2n) is 5.60. The van der Waals surface area contributed by atoms with Gasteiger partial charge < -0.3 is 9.84 Å². The molecule has 0 fully saturated rings. The number of carbonyl (C=O) groups is 1. The number of sulfonamides is 1. The molecule has 0 radical (unpaired) electrons. The van der Waals surface area contributed by atoms with Gasteiger partial charge in [-0.25, -0.2) is 8.42 Å². The van der Waals surface area contributed by atoms with Crippen LogP contribution in [0.3, 0.4) is 0 Å². The number of nitrogens with one attached hydrogen (secondary N) is 1. The van der Waals surface area contributed by atoms with Gasteiger partial charge in [-0.15, -0.1) is 0 Å². The van der Waals surface area contributed by atoms with Crippen LogP contribution in [0, 0.1) is 6.92 Å². The Labute approximate surface area is 158 Å². The average molecular weight is 400 g/mol. The molecule has 1 aromatic carbocycles. The van der Waals surface area contributed by atoms with E-state index in [1.54, 1.807) is 20.8 Å². The van der Waals surface area contributed by atoms with E-state index in [-0.39, 0.29) is 15.6 Å². The molecule has 7 nitrogen and oxygen atoms in total. The highest BCUT2D eigenvalue weighted by Crippen LogP contribution is 2.28. The van der Waals surface area contributed by atoms with Gasteiger partial charge in [0.2, 0.25) is 10.0 Å². The highest BCUT2D eigenvalue weighted by molar-refractivity contribution is 7.89. The molecule has 1 N–H and O–H groups in total. The van der Waals surface area contributed by atoms with E-state index in [1.165, 1.54) is 22.5 Å². The number of aromatic nitrogens is 1. The fraction of sp³-hybridized carbons (Fsp3) is 0.412. The molecule has 0 saturated heterocycles. The van der Waals surface area contributed by atoms with Crippen molar-refractivity contribution in [3.63, 3.8) is 0 Å². The Kier molecular flexibility index (Phi) is 6.44. The summed E-state index contributed by atoms with van der Waals surface area (Å²) < 4.78 is 31.7. The van der Waals surface area contributed by atoms with Gasteiger partial charge in [-0.2, -0.15) is 4.31 Å². The second-order valence-corrected chi connectivity index (χ2v) is 7.94. The normalized spacial score (nSPS) is 11.8. The van der Waals surface area contributed by atoms with Crippen LogP contribution < -0.4 is 5.32 Å². The molecule has 2 aromatic rings. The average Bonchev–Trinajstić information content (AvgIpc) is 2.98. The zero-order valence-corrected chi connectivity index (χ0v) is 16.7. The first-order chi connectivity index (χ1) is 12.3. The van der Waals surface area contributed by atoms with Crippen molar-refractivity contribution in [1.29, 1.82) is 0 Å². The first kappa shape index (κ1) is 20.4. The van der Waals surface area contributed by atoms with Gasteiger partial charge in [-0.05, 0) is 31.5 Å². The summed E-state index contributed by atoms with van der Waals surface area (Å²) in [6, 6.07) is 4.24. The summed E-state index contributed by atoms with van der Waals surface area (Å²) in [7, 11) is -3.66. The summed E-state index contributed by atoms with van der Waals surface area (Å²) in [6.07, 6.45) is 0.532. The molecular weight excluding hydrogens is 378 g/mol. The number of hydrogen-bond acceptors (Lipinski definition) is 5. The molecule has 1 aromatic heterocycles. The van der Waals surface area contributed by atoms with Crippen molar-refractivity contribution < 1.29 is 17.7 Å². The van der Waals surface area contributed by atoms with E-state index in [0.717, 1.165) is 0 Å². The van der Waals surface area contributed by atoms with E-state index in [1.807, 2.05) is 6.92 Å². The Morgan fingerprint density at radius 2 is 1.92 bits per heavy atom. The van der Waals surface area contributed by atoms with Gasteiger partial charge in [-0.1, -0.05) is 37.5 Å². The molecule has 0 spiro atoms. The fourth-order valence-electron chi connectivity index (χ4n) is 2.61. The van der Waals surface area contributed by atoms with Gasteiger partial charge >= 0.3 is 0 Å². The SMILES string of the molecule is CCc1noc(C)c1C(=O)Nc1cc(S(=O)(=O)N(CC)CC)ccc1Cl. The topological polar surface area (TPSA) is 92.5 Å². The molecule has 0 unspecified atom stereocenters. The van der Waals surface area contributed by atoms with Crippen LogP contribution >= 0.6 is 11.6 Å². The Morgan fingerprint density at radius 1 is 1.27 bits per heavy atom. The van der Waals surface area contributed by atoms with Crippen molar-refractivity contribution >= 4 is 33.2 Å². The molecule has 0 bridgehead atoms. The molecular formula is C17H22ClN3O4S. The standard InChI is InChI=1S/C17H22ClN3O4S/c1-5-14-16(11(4)25-20-14)17(22)19-15-10-12(8-9-13(15)18)26(23,24)21(6-2)7-3/h8-10H,5-7H2,1-4H3,(H,19,22). The molecule has 26 heavy (non-hydrogen) atoms. The number of aryl methyl sites for hydroxylation is 2. The Hall–Kier alpha value is -1.90. The van der Waals surface area contributed by atoms with E-state index in [2.05, 4.69) is 10.5 Å². The molecule has 9 heteroatoms. The van der Waals surface area contributed by atoms with Crippen LogP contribution in [0.4, 0.5) is 5.69 Å². The van der Waals surface area contributed by atoms with Crippen LogP contribution in [-0.4, -0.2) is 36.9 Å². The van der Waals surface area contributed by atoms with Crippen molar-refractivity contribution in [3.8, 4) is 0 Å². The lowest BCUT2D eigenvalue weighted by Crippen LogP contribution is -2.30. The maximum absolute atomic E-state index is 12.7. The minimum atomic E-state index is -3.66. The van der Waals surface area contributed by atoms with Gasteiger partial charge in [0, 0.05) is 13.1 Å². The number of carbonyl (C=O) groups excluding carboxylic acids is 1. The Morgan fingerprint density at radius 3 is 2.50 bits per heavy atom. The van der Waals surface area contributed by atoms with Gasteiger partial charge in [0.15, 0.2) is 0 Å². The van der Waals surface area contributed by atoms with Crippen molar-refractivity contribution in [1.82, 2.24) is 9.46 Å². The third-order valence-electron chi connectivity index (χ3n) is 4.02. The van der Waals surface area contributed by atoms with Gasteiger partial charge in [0.1, 0.15) is 11.3 Å². The van der Waals surface area contributed by atoms with Gasteiger partial charge in [0.25, 0.3) is 5.91 Å². The number of benzene rings is 1. The number of hydrogen-bond donors (Lipinski definition) is 1. The molecule has 0 aliphatic heterocycles. The largest absolute Gasteiger partial charge is 0.361 e. The molecule has 2 rings (SSSR count). The molecule has 1 amide bonds. The second kappa shape index (κ2) is 8.20. The Balaban J connectivity index is 2.39. The number of anilines is 1. The molecule has 0 aliphatic carbocycles. The summed E-state index contributed by atoms with van der Waals surface area (Å²) >= 11 is 6.15. The van der Waals surface area contributed by atoms with Crippen molar-refractivity contribution in [2.75, 3.05) is 18.4 Å². The van der Waals surface area contributed by atoms with E-state index in [9.17, 15) is 13.2 Å². The predicted molar refractivity (Wildman–Crippen MR) is 100 cm³/mol. The van der Waals surface area contributed by atoms with Crippen LogP contribution in [0.5, 0.6) is 0 Å². The molecule has 0 saturated carbocycles. The zero-order chi connectivity index (χ0) is 19.5. The first-order valence-corrected chi connectivity index (χ1v) is 10.1.